The van der Waals surface area contributed by atoms with Gasteiger partial charge in [0.05, 0.1) is 26.2 Å². The number of hydrogen-bond donors (Lipinski definition) is 2. The molecule has 0 bridgehead atoms. The van der Waals surface area contributed by atoms with Gasteiger partial charge in [0.1, 0.15) is 0 Å². The van der Waals surface area contributed by atoms with E-state index < -0.39 is 0 Å². The summed E-state index contributed by atoms with van der Waals surface area (Å²) in [5.41, 5.74) is 2.60. The van der Waals surface area contributed by atoms with E-state index in [-0.39, 0.29) is 0 Å². The average molecular weight is 223 g/mol. The molecule has 1 fully saturated rings. The number of halogens is 1. The Labute approximate surface area is 93.8 Å². The molecule has 2 aliphatic heterocycles. The van der Waals surface area contributed by atoms with Crippen molar-refractivity contribution in [2.24, 2.45) is 0 Å². The SMILES string of the molecule is Clc1cccc2c1C[N+](=C1NCCN1)C2. The Kier molecular flexibility index (Phi) is 2.06. The third-order valence-corrected chi connectivity index (χ3v) is 3.31. The van der Waals surface area contributed by atoms with E-state index in [4.69, 9.17) is 11.6 Å². The van der Waals surface area contributed by atoms with Crippen LogP contribution >= 0.6 is 11.6 Å². The van der Waals surface area contributed by atoms with Crippen molar-refractivity contribution in [3.63, 3.8) is 0 Å². The second-order valence-electron chi connectivity index (χ2n) is 3.94. The van der Waals surface area contributed by atoms with Gasteiger partial charge in [-0.1, -0.05) is 23.7 Å². The number of guanidine groups is 1. The number of rotatable bonds is 0. The molecule has 0 saturated carbocycles. The summed E-state index contributed by atoms with van der Waals surface area (Å²) in [4.78, 5) is 0. The lowest BCUT2D eigenvalue weighted by Gasteiger charge is -2.00. The Morgan fingerprint density at radius 2 is 1.93 bits per heavy atom. The molecular weight excluding hydrogens is 210 g/mol. The van der Waals surface area contributed by atoms with Gasteiger partial charge in [-0.05, 0) is 11.6 Å². The van der Waals surface area contributed by atoms with Gasteiger partial charge in [-0.2, -0.15) is 0 Å². The summed E-state index contributed by atoms with van der Waals surface area (Å²) in [5.74, 6) is 1.14. The molecule has 3 rings (SSSR count). The van der Waals surface area contributed by atoms with E-state index in [0.29, 0.717) is 0 Å². The lowest BCUT2D eigenvalue weighted by atomic mass is 10.1. The Bertz CT molecular complexity index is 431. The van der Waals surface area contributed by atoms with E-state index >= 15 is 0 Å². The van der Waals surface area contributed by atoms with Crippen LogP contribution in [-0.2, 0) is 13.1 Å². The van der Waals surface area contributed by atoms with Crippen LogP contribution in [0, 0.1) is 0 Å². The summed E-state index contributed by atoms with van der Waals surface area (Å²) < 4.78 is 2.30. The Morgan fingerprint density at radius 1 is 1.13 bits per heavy atom. The summed E-state index contributed by atoms with van der Waals surface area (Å²) in [5, 5.41) is 7.57. The highest BCUT2D eigenvalue weighted by Gasteiger charge is 2.25. The van der Waals surface area contributed by atoms with E-state index in [0.717, 1.165) is 37.2 Å². The third kappa shape index (κ3) is 1.47. The van der Waals surface area contributed by atoms with Gasteiger partial charge in [-0.3, -0.25) is 15.2 Å². The maximum absolute atomic E-state index is 6.16. The summed E-state index contributed by atoms with van der Waals surface area (Å²) >= 11 is 6.16. The fourth-order valence-electron chi connectivity index (χ4n) is 2.19. The van der Waals surface area contributed by atoms with Crippen LogP contribution in [0.25, 0.3) is 0 Å². The van der Waals surface area contributed by atoms with E-state index in [1.54, 1.807) is 0 Å². The number of nitrogens with one attached hydrogen (secondary N) is 2. The maximum atomic E-state index is 6.16. The van der Waals surface area contributed by atoms with E-state index in [9.17, 15) is 0 Å². The summed E-state index contributed by atoms with van der Waals surface area (Å²) in [6, 6.07) is 6.13. The number of nitrogens with zero attached hydrogens (tertiary/aromatic N) is 1. The molecule has 4 heteroatoms. The van der Waals surface area contributed by atoms with Gasteiger partial charge in [0.2, 0.25) is 0 Å². The van der Waals surface area contributed by atoms with Crippen molar-refractivity contribution in [1.82, 2.24) is 10.6 Å². The fraction of sp³-hybridized carbons (Fsp3) is 0.364. The molecule has 1 aromatic carbocycles. The third-order valence-electron chi connectivity index (χ3n) is 2.95. The average Bonchev–Trinajstić information content (AvgIpc) is 2.86. The van der Waals surface area contributed by atoms with Gasteiger partial charge in [0.25, 0.3) is 0 Å². The Morgan fingerprint density at radius 3 is 2.67 bits per heavy atom. The van der Waals surface area contributed by atoms with Crippen LogP contribution in [0.15, 0.2) is 18.2 Å². The fourth-order valence-corrected chi connectivity index (χ4v) is 2.44. The van der Waals surface area contributed by atoms with Gasteiger partial charge in [-0.15, -0.1) is 0 Å². The molecule has 0 aliphatic carbocycles. The second kappa shape index (κ2) is 3.42. The van der Waals surface area contributed by atoms with Crippen molar-refractivity contribution in [2.75, 3.05) is 13.1 Å². The largest absolute Gasteiger partial charge is 0.346 e. The quantitative estimate of drug-likeness (QED) is 0.639. The summed E-state index contributed by atoms with van der Waals surface area (Å²) in [7, 11) is 0. The van der Waals surface area contributed by atoms with Crippen molar-refractivity contribution in [3.8, 4) is 0 Å². The molecule has 3 nitrogen and oxygen atoms in total. The molecule has 1 aromatic rings. The van der Waals surface area contributed by atoms with Crippen LogP contribution in [0.3, 0.4) is 0 Å². The van der Waals surface area contributed by atoms with Crippen molar-refractivity contribution < 1.29 is 4.58 Å². The molecule has 78 valence electrons. The number of hydrogen-bond acceptors (Lipinski definition) is 0. The summed E-state index contributed by atoms with van der Waals surface area (Å²) in [6.45, 7) is 3.88. The van der Waals surface area contributed by atoms with Crippen LogP contribution < -0.4 is 10.6 Å². The van der Waals surface area contributed by atoms with Crippen molar-refractivity contribution in [3.05, 3.63) is 34.3 Å². The first-order valence-electron chi connectivity index (χ1n) is 5.20. The summed E-state index contributed by atoms with van der Waals surface area (Å²) in [6.07, 6.45) is 0. The van der Waals surface area contributed by atoms with Gasteiger partial charge < -0.3 is 0 Å². The van der Waals surface area contributed by atoms with Crippen molar-refractivity contribution >= 4 is 17.6 Å². The van der Waals surface area contributed by atoms with Crippen LogP contribution in [0.5, 0.6) is 0 Å². The molecule has 2 N–H and O–H groups in total. The van der Waals surface area contributed by atoms with Crippen LogP contribution in [-0.4, -0.2) is 23.6 Å². The predicted molar refractivity (Wildman–Crippen MR) is 60.1 cm³/mol. The van der Waals surface area contributed by atoms with Crippen molar-refractivity contribution in [1.29, 1.82) is 0 Å². The highest BCUT2D eigenvalue weighted by molar-refractivity contribution is 6.31. The molecule has 0 aromatic heterocycles. The van der Waals surface area contributed by atoms with E-state index in [1.165, 1.54) is 11.1 Å². The zero-order valence-corrected chi connectivity index (χ0v) is 9.14. The molecule has 0 amide bonds. The Hall–Kier alpha value is -1.22. The van der Waals surface area contributed by atoms with E-state index in [2.05, 4.69) is 21.3 Å². The van der Waals surface area contributed by atoms with Crippen LogP contribution in [0.4, 0.5) is 0 Å². The van der Waals surface area contributed by atoms with Crippen molar-refractivity contribution in [2.45, 2.75) is 13.1 Å². The molecule has 15 heavy (non-hydrogen) atoms. The van der Waals surface area contributed by atoms with E-state index in [1.807, 2.05) is 12.1 Å². The molecule has 1 saturated heterocycles. The lowest BCUT2D eigenvalue weighted by Crippen LogP contribution is -2.33. The molecular formula is C11H13ClN3+. The topological polar surface area (TPSA) is 27.1 Å². The zero-order valence-electron chi connectivity index (χ0n) is 8.39. The van der Waals surface area contributed by atoms with Gasteiger partial charge in [0.15, 0.2) is 0 Å². The van der Waals surface area contributed by atoms with Gasteiger partial charge in [-0.25, -0.2) is 0 Å². The monoisotopic (exact) mass is 222 g/mol. The first-order chi connectivity index (χ1) is 7.34. The predicted octanol–water partition coefficient (Wildman–Crippen LogP) is 0.915. The second-order valence-corrected chi connectivity index (χ2v) is 4.34. The standard InChI is InChI=1S/C11H12ClN3/c12-10-3-1-2-8-6-15(7-9(8)10)11-13-4-5-14-11/h1-3H,4-7H2,(H,13,14)/p+1. The molecule has 2 heterocycles. The lowest BCUT2D eigenvalue weighted by molar-refractivity contribution is -0.552. The molecule has 0 unspecified atom stereocenters. The molecule has 0 spiro atoms. The van der Waals surface area contributed by atoms with Gasteiger partial charge in [0, 0.05) is 10.6 Å². The first-order valence-corrected chi connectivity index (χ1v) is 5.58. The smallest absolute Gasteiger partial charge is 0.275 e. The first kappa shape index (κ1) is 9.04. The highest BCUT2D eigenvalue weighted by Crippen LogP contribution is 2.26. The number of fused-ring (bicyclic) bond motifs is 1. The highest BCUT2D eigenvalue weighted by atomic mass is 35.5. The maximum Gasteiger partial charge on any atom is 0.346 e. The minimum absolute atomic E-state index is 0.883. The molecule has 2 aliphatic rings. The normalized spacial score (nSPS) is 18.7. The van der Waals surface area contributed by atoms with Crippen LogP contribution in [0.1, 0.15) is 11.1 Å². The minimum atomic E-state index is 0.883. The minimum Gasteiger partial charge on any atom is -0.275 e. The number of benzene rings is 1. The molecule has 0 radical (unpaired) electrons. The molecule has 0 atom stereocenters. The van der Waals surface area contributed by atoms with Gasteiger partial charge >= 0.3 is 5.96 Å². The van der Waals surface area contributed by atoms with Crippen LogP contribution in [0.2, 0.25) is 5.02 Å². The zero-order chi connectivity index (χ0) is 10.3. The Balaban J connectivity index is 1.98.